The highest BCUT2D eigenvalue weighted by atomic mass is 79.9. The van der Waals surface area contributed by atoms with E-state index in [0.717, 1.165) is 42.1 Å². The van der Waals surface area contributed by atoms with Crippen LogP contribution >= 0.6 is 15.9 Å². The number of piperidine rings is 1. The molecule has 1 aliphatic rings. The largest absolute Gasteiger partial charge is 0.339 e. The number of nitrogens with zero attached hydrogens (tertiary/aromatic N) is 4. The number of fused-ring (bicyclic) bond motifs is 1. The molecule has 2 aromatic heterocycles. The Morgan fingerprint density at radius 1 is 1.47 bits per heavy atom. The van der Waals surface area contributed by atoms with Gasteiger partial charge in [-0.2, -0.15) is 4.98 Å². The average Bonchev–Trinajstić information content (AvgIpc) is 2.85. The first kappa shape index (κ1) is 12.9. The summed E-state index contributed by atoms with van der Waals surface area (Å²) < 4.78 is 2.80. The summed E-state index contributed by atoms with van der Waals surface area (Å²) in [5.41, 5.74) is 6.54. The van der Waals surface area contributed by atoms with Gasteiger partial charge < -0.3 is 10.6 Å². The summed E-state index contributed by atoms with van der Waals surface area (Å²) in [5.74, 6) is 1.50. The van der Waals surface area contributed by atoms with E-state index < -0.39 is 0 Å². The normalized spacial score (nSPS) is 20.1. The zero-order valence-corrected chi connectivity index (χ0v) is 12.4. The first-order chi connectivity index (χ1) is 9.28. The van der Waals surface area contributed by atoms with Gasteiger partial charge in [0.25, 0.3) is 0 Å². The Labute approximate surface area is 120 Å². The maximum atomic E-state index is 5.66. The van der Waals surface area contributed by atoms with Crippen molar-refractivity contribution in [3.05, 3.63) is 22.8 Å². The number of pyridine rings is 1. The Balaban J connectivity index is 1.85. The zero-order chi connectivity index (χ0) is 13.2. The monoisotopic (exact) mass is 323 g/mol. The second-order valence-corrected chi connectivity index (χ2v) is 5.92. The molecule has 0 aliphatic carbocycles. The van der Waals surface area contributed by atoms with Gasteiger partial charge in [-0.15, -0.1) is 5.10 Å². The lowest BCUT2D eigenvalue weighted by Gasteiger charge is -2.31. The fraction of sp³-hybridized carbons (Fsp3) is 0.538. The van der Waals surface area contributed by atoms with E-state index in [0.29, 0.717) is 5.92 Å². The molecule has 1 unspecified atom stereocenters. The predicted molar refractivity (Wildman–Crippen MR) is 79.3 cm³/mol. The van der Waals surface area contributed by atoms with E-state index in [1.54, 1.807) is 0 Å². The number of anilines is 1. The highest BCUT2D eigenvalue weighted by molar-refractivity contribution is 9.10. The van der Waals surface area contributed by atoms with Gasteiger partial charge in [0, 0.05) is 19.3 Å². The Bertz CT molecular complexity index is 565. The molecule has 1 saturated heterocycles. The Morgan fingerprint density at radius 2 is 2.37 bits per heavy atom. The first-order valence-electron chi connectivity index (χ1n) is 6.74. The maximum Gasteiger partial charge on any atom is 0.245 e. The molecule has 19 heavy (non-hydrogen) atoms. The van der Waals surface area contributed by atoms with Gasteiger partial charge >= 0.3 is 0 Å². The molecule has 1 aliphatic heterocycles. The van der Waals surface area contributed by atoms with Crippen LogP contribution in [0.15, 0.2) is 22.8 Å². The first-order valence-corrected chi connectivity index (χ1v) is 7.53. The molecule has 3 rings (SSSR count). The SMILES string of the molecule is NCCC1CCCN(c2nc3c(Br)cccn3n2)C1. The van der Waals surface area contributed by atoms with Crippen molar-refractivity contribution in [1.82, 2.24) is 14.6 Å². The van der Waals surface area contributed by atoms with Gasteiger partial charge in [0.05, 0.1) is 4.47 Å². The summed E-state index contributed by atoms with van der Waals surface area (Å²) in [6.07, 6.45) is 5.48. The Hall–Kier alpha value is -1.14. The quantitative estimate of drug-likeness (QED) is 0.939. The van der Waals surface area contributed by atoms with Crippen LogP contribution < -0.4 is 10.6 Å². The summed E-state index contributed by atoms with van der Waals surface area (Å²) in [5, 5.41) is 4.56. The zero-order valence-electron chi connectivity index (χ0n) is 10.8. The van der Waals surface area contributed by atoms with Crippen molar-refractivity contribution >= 4 is 27.5 Å². The third-order valence-electron chi connectivity index (χ3n) is 3.68. The summed E-state index contributed by atoms with van der Waals surface area (Å²) >= 11 is 3.51. The summed E-state index contributed by atoms with van der Waals surface area (Å²) in [6, 6.07) is 3.95. The van der Waals surface area contributed by atoms with Crippen molar-refractivity contribution in [2.45, 2.75) is 19.3 Å². The molecule has 0 radical (unpaired) electrons. The van der Waals surface area contributed by atoms with E-state index in [2.05, 4.69) is 30.9 Å². The van der Waals surface area contributed by atoms with Gasteiger partial charge in [-0.3, -0.25) is 0 Å². The lowest BCUT2D eigenvalue weighted by molar-refractivity contribution is 0.392. The van der Waals surface area contributed by atoms with Crippen LogP contribution in [0.1, 0.15) is 19.3 Å². The molecule has 0 bridgehead atoms. The molecular formula is C13H18BrN5. The number of aromatic nitrogens is 3. The molecule has 1 fully saturated rings. The summed E-state index contributed by atoms with van der Waals surface area (Å²) in [6.45, 7) is 2.82. The smallest absolute Gasteiger partial charge is 0.245 e. The number of rotatable bonds is 3. The van der Waals surface area contributed by atoms with Crippen LogP contribution in [0.25, 0.3) is 5.65 Å². The van der Waals surface area contributed by atoms with Crippen molar-refractivity contribution < 1.29 is 0 Å². The minimum absolute atomic E-state index is 0.675. The molecule has 102 valence electrons. The minimum atomic E-state index is 0.675. The third-order valence-corrected chi connectivity index (χ3v) is 4.30. The molecule has 6 heteroatoms. The van der Waals surface area contributed by atoms with Gasteiger partial charge in [0.2, 0.25) is 5.95 Å². The van der Waals surface area contributed by atoms with Crippen molar-refractivity contribution in [3.8, 4) is 0 Å². The van der Waals surface area contributed by atoms with E-state index in [1.807, 2.05) is 22.8 Å². The molecule has 3 heterocycles. The molecule has 2 aromatic rings. The van der Waals surface area contributed by atoms with E-state index in [4.69, 9.17) is 5.73 Å². The van der Waals surface area contributed by atoms with Crippen molar-refractivity contribution in [1.29, 1.82) is 0 Å². The van der Waals surface area contributed by atoms with Crippen LogP contribution in [-0.4, -0.2) is 34.2 Å². The number of hydrogen-bond donors (Lipinski definition) is 1. The molecule has 2 N–H and O–H groups in total. The van der Waals surface area contributed by atoms with Crippen LogP contribution in [-0.2, 0) is 0 Å². The highest BCUT2D eigenvalue weighted by Crippen LogP contribution is 2.24. The number of halogens is 1. The second kappa shape index (κ2) is 5.46. The van der Waals surface area contributed by atoms with Crippen molar-refractivity contribution in [3.63, 3.8) is 0 Å². The summed E-state index contributed by atoms with van der Waals surface area (Å²) in [7, 11) is 0. The highest BCUT2D eigenvalue weighted by Gasteiger charge is 2.22. The van der Waals surface area contributed by atoms with E-state index >= 15 is 0 Å². The maximum absolute atomic E-state index is 5.66. The molecular weight excluding hydrogens is 306 g/mol. The van der Waals surface area contributed by atoms with Gasteiger partial charge in [0.1, 0.15) is 0 Å². The van der Waals surface area contributed by atoms with Crippen LogP contribution in [0.5, 0.6) is 0 Å². The minimum Gasteiger partial charge on any atom is -0.339 e. The van der Waals surface area contributed by atoms with Crippen molar-refractivity contribution in [2.75, 3.05) is 24.5 Å². The molecule has 5 nitrogen and oxygen atoms in total. The van der Waals surface area contributed by atoms with Gasteiger partial charge in [-0.25, -0.2) is 4.52 Å². The van der Waals surface area contributed by atoms with Crippen LogP contribution in [0.2, 0.25) is 0 Å². The summed E-state index contributed by atoms with van der Waals surface area (Å²) in [4.78, 5) is 6.91. The Morgan fingerprint density at radius 3 is 3.16 bits per heavy atom. The van der Waals surface area contributed by atoms with Gasteiger partial charge in [0.15, 0.2) is 5.65 Å². The lowest BCUT2D eigenvalue weighted by Crippen LogP contribution is -2.36. The molecule has 0 saturated carbocycles. The fourth-order valence-corrected chi connectivity index (χ4v) is 3.14. The van der Waals surface area contributed by atoms with Crippen LogP contribution in [0, 0.1) is 5.92 Å². The molecule has 0 spiro atoms. The van der Waals surface area contributed by atoms with Gasteiger partial charge in [-0.1, -0.05) is 0 Å². The van der Waals surface area contributed by atoms with E-state index in [-0.39, 0.29) is 0 Å². The molecule has 0 aromatic carbocycles. The predicted octanol–water partition coefficient (Wildman–Crippen LogP) is 2.06. The second-order valence-electron chi connectivity index (χ2n) is 5.07. The van der Waals surface area contributed by atoms with Crippen LogP contribution in [0.3, 0.4) is 0 Å². The van der Waals surface area contributed by atoms with Crippen LogP contribution in [0.4, 0.5) is 5.95 Å². The van der Waals surface area contributed by atoms with E-state index in [1.165, 1.54) is 12.8 Å². The molecule has 0 amide bonds. The molecule has 1 atom stereocenters. The fourth-order valence-electron chi connectivity index (χ4n) is 2.71. The van der Waals surface area contributed by atoms with Gasteiger partial charge in [-0.05, 0) is 59.8 Å². The topological polar surface area (TPSA) is 59.5 Å². The third kappa shape index (κ3) is 2.60. The number of hydrogen-bond acceptors (Lipinski definition) is 4. The van der Waals surface area contributed by atoms with Crippen molar-refractivity contribution in [2.24, 2.45) is 11.7 Å². The van der Waals surface area contributed by atoms with E-state index in [9.17, 15) is 0 Å². The lowest BCUT2D eigenvalue weighted by atomic mass is 9.95. The average molecular weight is 324 g/mol. The number of nitrogens with two attached hydrogens (primary N) is 1. The standard InChI is InChI=1S/C13H18BrN5/c14-11-4-2-8-19-12(11)16-13(17-19)18-7-1-3-10(9-18)5-6-15/h2,4,8,10H,1,3,5-7,9,15H2. The Kier molecular flexibility index (Phi) is 3.70.